The Balaban J connectivity index is 1.63. The largest absolute Gasteiger partial charge is 0.355 e. The number of nitrogens with one attached hydrogen (secondary N) is 1. The van der Waals surface area contributed by atoms with E-state index in [9.17, 15) is 9.59 Å². The highest BCUT2D eigenvalue weighted by Gasteiger charge is 2.29. The van der Waals surface area contributed by atoms with Crippen LogP contribution in [0.5, 0.6) is 0 Å². The van der Waals surface area contributed by atoms with E-state index in [1.807, 2.05) is 65.6 Å². The summed E-state index contributed by atoms with van der Waals surface area (Å²) in [6, 6.07) is 18.9. The minimum Gasteiger partial charge on any atom is -0.355 e. The Bertz CT molecular complexity index is 1000. The molecule has 1 N–H and O–H groups in total. The van der Waals surface area contributed by atoms with Crippen LogP contribution in [-0.2, 0) is 0 Å². The molecule has 136 valence electrons. The fourth-order valence-corrected chi connectivity index (χ4v) is 3.68. The predicted molar refractivity (Wildman–Crippen MR) is 105 cm³/mol. The van der Waals surface area contributed by atoms with Crippen molar-refractivity contribution in [3.63, 3.8) is 0 Å². The fourth-order valence-electron chi connectivity index (χ4n) is 3.68. The molecular formula is C22H21N3O2. The van der Waals surface area contributed by atoms with Gasteiger partial charge in [0.1, 0.15) is 0 Å². The van der Waals surface area contributed by atoms with Gasteiger partial charge in [-0.2, -0.15) is 0 Å². The average Bonchev–Trinajstić information content (AvgIpc) is 3.22. The van der Waals surface area contributed by atoms with E-state index in [1.165, 1.54) is 0 Å². The van der Waals surface area contributed by atoms with Crippen molar-refractivity contribution in [1.82, 2.24) is 15.2 Å². The van der Waals surface area contributed by atoms with Gasteiger partial charge in [0.15, 0.2) is 0 Å². The van der Waals surface area contributed by atoms with Crippen molar-refractivity contribution in [3.05, 3.63) is 77.5 Å². The standard InChI is InChI=1S/C22H21N3O2/c1-23-21(26)18-13-20(24-19-10-6-5-9-17(18)19)16-11-12-25(14-16)22(27)15-7-3-2-4-8-15/h2-10,13,16H,11-12,14H2,1H3,(H,23,26)/t16-/m1/s1. The Morgan fingerprint density at radius 2 is 1.81 bits per heavy atom. The van der Waals surface area contributed by atoms with Crippen molar-refractivity contribution in [3.8, 4) is 0 Å². The molecule has 0 aliphatic carbocycles. The number of amides is 2. The molecule has 4 rings (SSSR count). The summed E-state index contributed by atoms with van der Waals surface area (Å²) < 4.78 is 0. The second kappa shape index (κ2) is 7.19. The number of hydrogen-bond acceptors (Lipinski definition) is 3. The molecule has 2 aromatic carbocycles. The zero-order chi connectivity index (χ0) is 18.8. The van der Waals surface area contributed by atoms with Gasteiger partial charge in [-0.25, -0.2) is 0 Å². The SMILES string of the molecule is CNC(=O)c1cc([C@@H]2CCN(C(=O)c3ccccc3)C2)nc2ccccc12. The van der Waals surface area contributed by atoms with Crippen LogP contribution in [0, 0.1) is 0 Å². The molecular weight excluding hydrogens is 338 g/mol. The number of nitrogens with zero attached hydrogens (tertiary/aromatic N) is 2. The number of carbonyl (C=O) groups excluding carboxylic acids is 2. The van der Waals surface area contributed by atoms with Crippen LogP contribution in [-0.4, -0.2) is 41.8 Å². The highest BCUT2D eigenvalue weighted by atomic mass is 16.2. The third kappa shape index (κ3) is 3.28. The maximum absolute atomic E-state index is 12.7. The van der Waals surface area contributed by atoms with Gasteiger partial charge in [0.2, 0.25) is 0 Å². The van der Waals surface area contributed by atoms with Crippen molar-refractivity contribution < 1.29 is 9.59 Å². The van der Waals surface area contributed by atoms with Crippen LogP contribution in [0.1, 0.15) is 38.7 Å². The van der Waals surface area contributed by atoms with E-state index in [2.05, 4.69) is 5.32 Å². The number of fused-ring (bicyclic) bond motifs is 1. The number of hydrogen-bond donors (Lipinski definition) is 1. The van der Waals surface area contributed by atoms with Crippen molar-refractivity contribution in [2.75, 3.05) is 20.1 Å². The molecule has 1 aromatic heterocycles. The van der Waals surface area contributed by atoms with Gasteiger partial charge in [-0.05, 0) is 30.7 Å². The molecule has 2 amide bonds. The molecule has 0 spiro atoms. The van der Waals surface area contributed by atoms with E-state index >= 15 is 0 Å². The first-order valence-electron chi connectivity index (χ1n) is 9.13. The topological polar surface area (TPSA) is 62.3 Å². The van der Waals surface area contributed by atoms with Gasteiger partial charge in [-0.3, -0.25) is 14.6 Å². The number of likely N-dealkylation sites (tertiary alicyclic amines) is 1. The van der Waals surface area contributed by atoms with Crippen molar-refractivity contribution in [1.29, 1.82) is 0 Å². The van der Waals surface area contributed by atoms with Crippen LogP contribution < -0.4 is 5.32 Å². The van der Waals surface area contributed by atoms with Gasteiger partial charge in [0, 0.05) is 42.7 Å². The van der Waals surface area contributed by atoms with E-state index < -0.39 is 0 Å². The fraction of sp³-hybridized carbons (Fsp3) is 0.227. The van der Waals surface area contributed by atoms with E-state index in [0.29, 0.717) is 24.2 Å². The Morgan fingerprint density at radius 3 is 2.59 bits per heavy atom. The second-order valence-electron chi connectivity index (χ2n) is 6.79. The Morgan fingerprint density at radius 1 is 1.07 bits per heavy atom. The van der Waals surface area contributed by atoms with Gasteiger partial charge in [-0.1, -0.05) is 36.4 Å². The number of carbonyl (C=O) groups is 2. The summed E-state index contributed by atoms with van der Waals surface area (Å²) in [4.78, 5) is 31.7. The lowest BCUT2D eigenvalue weighted by Gasteiger charge is -2.17. The molecule has 0 radical (unpaired) electrons. The maximum atomic E-state index is 12.7. The summed E-state index contributed by atoms with van der Waals surface area (Å²) in [5.41, 5.74) is 3.01. The van der Waals surface area contributed by atoms with Crippen LogP contribution in [0.3, 0.4) is 0 Å². The molecule has 2 heterocycles. The predicted octanol–water partition coefficient (Wildman–Crippen LogP) is 3.22. The van der Waals surface area contributed by atoms with Crippen LogP contribution in [0.4, 0.5) is 0 Å². The number of pyridine rings is 1. The Labute approximate surface area is 158 Å². The summed E-state index contributed by atoms with van der Waals surface area (Å²) in [7, 11) is 1.63. The van der Waals surface area contributed by atoms with Gasteiger partial charge in [-0.15, -0.1) is 0 Å². The van der Waals surface area contributed by atoms with Gasteiger partial charge >= 0.3 is 0 Å². The van der Waals surface area contributed by atoms with Crippen LogP contribution in [0.25, 0.3) is 10.9 Å². The summed E-state index contributed by atoms with van der Waals surface area (Å²) in [5.74, 6) is 0.0566. The van der Waals surface area contributed by atoms with Gasteiger partial charge in [0.25, 0.3) is 11.8 Å². The quantitative estimate of drug-likeness (QED) is 0.781. The summed E-state index contributed by atoms with van der Waals surface area (Å²) in [6.07, 6.45) is 0.844. The van der Waals surface area contributed by atoms with Crippen LogP contribution in [0.2, 0.25) is 0 Å². The molecule has 1 aliphatic heterocycles. The van der Waals surface area contributed by atoms with E-state index in [0.717, 1.165) is 23.0 Å². The Hall–Kier alpha value is -3.21. The smallest absolute Gasteiger partial charge is 0.253 e. The lowest BCUT2D eigenvalue weighted by molar-refractivity contribution is 0.0790. The van der Waals surface area contributed by atoms with E-state index in [1.54, 1.807) is 7.05 Å². The Kier molecular flexibility index (Phi) is 4.59. The normalized spacial score (nSPS) is 16.5. The molecule has 1 atom stereocenters. The molecule has 3 aromatic rings. The van der Waals surface area contributed by atoms with Crippen molar-refractivity contribution in [2.24, 2.45) is 0 Å². The first kappa shape index (κ1) is 17.2. The van der Waals surface area contributed by atoms with E-state index in [-0.39, 0.29) is 17.7 Å². The van der Waals surface area contributed by atoms with Gasteiger partial charge in [0.05, 0.1) is 11.1 Å². The second-order valence-corrected chi connectivity index (χ2v) is 6.79. The minimum absolute atomic E-state index is 0.0467. The average molecular weight is 359 g/mol. The molecule has 27 heavy (non-hydrogen) atoms. The third-order valence-electron chi connectivity index (χ3n) is 5.12. The minimum atomic E-state index is -0.120. The van der Waals surface area contributed by atoms with Crippen LogP contribution in [0.15, 0.2) is 60.7 Å². The highest BCUT2D eigenvalue weighted by molar-refractivity contribution is 6.06. The highest BCUT2D eigenvalue weighted by Crippen LogP contribution is 2.30. The lowest BCUT2D eigenvalue weighted by Crippen LogP contribution is -2.28. The lowest BCUT2D eigenvalue weighted by atomic mass is 9.99. The summed E-state index contributed by atoms with van der Waals surface area (Å²) in [6.45, 7) is 1.31. The van der Waals surface area contributed by atoms with Crippen LogP contribution >= 0.6 is 0 Å². The molecule has 0 unspecified atom stereocenters. The number of benzene rings is 2. The molecule has 1 aliphatic rings. The third-order valence-corrected chi connectivity index (χ3v) is 5.12. The monoisotopic (exact) mass is 359 g/mol. The number of aromatic nitrogens is 1. The number of rotatable bonds is 3. The molecule has 5 heteroatoms. The zero-order valence-electron chi connectivity index (χ0n) is 15.2. The number of para-hydroxylation sites is 1. The first-order valence-corrected chi connectivity index (χ1v) is 9.13. The summed E-state index contributed by atoms with van der Waals surface area (Å²) in [5, 5.41) is 3.55. The zero-order valence-corrected chi connectivity index (χ0v) is 15.2. The van der Waals surface area contributed by atoms with Crippen molar-refractivity contribution >= 4 is 22.7 Å². The molecule has 0 saturated carbocycles. The van der Waals surface area contributed by atoms with Gasteiger partial charge < -0.3 is 10.2 Å². The van der Waals surface area contributed by atoms with Crippen molar-refractivity contribution in [2.45, 2.75) is 12.3 Å². The molecule has 0 bridgehead atoms. The maximum Gasteiger partial charge on any atom is 0.253 e. The molecule has 1 saturated heterocycles. The first-order chi connectivity index (χ1) is 13.2. The summed E-state index contributed by atoms with van der Waals surface area (Å²) >= 11 is 0. The molecule has 1 fully saturated rings. The van der Waals surface area contributed by atoms with E-state index in [4.69, 9.17) is 4.98 Å². The molecule has 5 nitrogen and oxygen atoms in total.